The Bertz CT molecular complexity index is 1130. The molecule has 6 heteroatoms. The number of amides is 1. The zero-order valence-corrected chi connectivity index (χ0v) is 17.4. The summed E-state index contributed by atoms with van der Waals surface area (Å²) >= 11 is 0. The highest BCUT2D eigenvalue weighted by Crippen LogP contribution is 2.41. The molecule has 1 spiro atoms. The standard InChI is InChI=1S/C25H24FN3O2/c1-18-15-25(11-10-23(30)29(25)21-9-5-8-20(26)14-21)12-13-28(18)16-22-24(31-17-27-22)19-6-3-2-4-7-19/h2-11,14,17-18H,12-13,15-16H2,1H3/t18-,25+/m0/s1. The first-order valence-corrected chi connectivity index (χ1v) is 10.6. The first-order valence-electron chi connectivity index (χ1n) is 10.6. The van der Waals surface area contributed by atoms with Crippen LogP contribution in [0.15, 0.2) is 77.6 Å². The van der Waals surface area contributed by atoms with Gasteiger partial charge in [-0.05, 0) is 38.0 Å². The number of anilines is 1. The van der Waals surface area contributed by atoms with Gasteiger partial charge in [0.15, 0.2) is 12.2 Å². The Morgan fingerprint density at radius 1 is 1.19 bits per heavy atom. The summed E-state index contributed by atoms with van der Waals surface area (Å²) in [5.41, 5.74) is 2.11. The number of carbonyl (C=O) groups is 1. The predicted octanol–water partition coefficient (Wildman–Crippen LogP) is 4.81. The molecule has 2 aromatic carbocycles. The van der Waals surface area contributed by atoms with E-state index < -0.39 is 5.54 Å². The molecule has 2 aliphatic rings. The largest absolute Gasteiger partial charge is 0.443 e. The van der Waals surface area contributed by atoms with Crippen LogP contribution in [0.1, 0.15) is 25.5 Å². The molecule has 1 amide bonds. The van der Waals surface area contributed by atoms with Crippen molar-refractivity contribution in [2.45, 2.75) is 37.9 Å². The summed E-state index contributed by atoms with van der Waals surface area (Å²) < 4.78 is 19.5. The molecule has 158 valence electrons. The lowest BCUT2D eigenvalue weighted by atomic mass is 9.82. The van der Waals surface area contributed by atoms with Crippen LogP contribution in [0.4, 0.5) is 10.1 Å². The van der Waals surface area contributed by atoms with Gasteiger partial charge in [-0.25, -0.2) is 9.37 Å². The number of hydrogen-bond donors (Lipinski definition) is 0. The van der Waals surface area contributed by atoms with E-state index in [1.807, 2.05) is 36.4 Å². The Hall–Kier alpha value is -3.25. The van der Waals surface area contributed by atoms with Gasteiger partial charge in [0.25, 0.3) is 5.91 Å². The molecule has 3 heterocycles. The molecule has 0 saturated carbocycles. The summed E-state index contributed by atoms with van der Waals surface area (Å²) in [5, 5.41) is 0. The van der Waals surface area contributed by atoms with Crippen molar-refractivity contribution in [2.75, 3.05) is 11.4 Å². The highest BCUT2D eigenvalue weighted by molar-refractivity contribution is 6.06. The van der Waals surface area contributed by atoms with Crippen molar-refractivity contribution in [3.63, 3.8) is 0 Å². The topological polar surface area (TPSA) is 49.6 Å². The van der Waals surface area contributed by atoms with Crippen LogP contribution in [-0.2, 0) is 11.3 Å². The van der Waals surface area contributed by atoms with E-state index in [0.29, 0.717) is 12.2 Å². The maximum Gasteiger partial charge on any atom is 0.251 e. The number of halogens is 1. The third-order valence-electron chi connectivity index (χ3n) is 6.40. The van der Waals surface area contributed by atoms with Crippen molar-refractivity contribution in [3.8, 4) is 11.3 Å². The fourth-order valence-electron chi connectivity index (χ4n) is 4.88. The highest BCUT2D eigenvalue weighted by atomic mass is 19.1. The summed E-state index contributed by atoms with van der Waals surface area (Å²) in [5.74, 6) is 0.372. The van der Waals surface area contributed by atoms with E-state index in [2.05, 4.69) is 16.8 Å². The number of likely N-dealkylation sites (tertiary alicyclic amines) is 1. The van der Waals surface area contributed by atoms with Gasteiger partial charge in [-0.3, -0.25) is 14.6 Å². The SMILES string of the molecule is C[C@H]1C[C@@]2(C=CC(=O)N2c2cccc(F)c2)CCN1Cc1ncoc1-c1ccccc1. The Balaban J connectivity index is 1.36. The number of carbonyl (C=O) groups excluding carboxylic acids is 1. The van der Waals surface area contributed by atoms with E-state index in [-0.39, 0.29) is 17.8 Å². The van der Waals surface area contributed by atoms with E-state index in [9.17, 15) is 9.18 Å². The molecule has 0 bridgehead atoms. The Morgan fingerprint density at radius 3 is 2.81 bits per heavy atom. The number of nitrogens with zero attached hydrogens (tertiary/aromatic N) is 3. The molecule has 0 aliphatic carbocycles. The summed E-state index contributed by atoms with van der Waals surface area (Å²) in [7, 11) is 0. The van der Waals surface area contributed by atoms with Crippen LogP contribution in [-0.4, -0.2) is 33.9 Å². The number of oxazole rings is 1. The monoisotopic (exact) mass is 417 g/mol. The van der Waals surface area contributed by atoms with Gasteiger partial charge in [0.05, 0.1) is 5.54 Å². The maximum absolute atomic E-state index is 13.8. The molecule has 0 N–H and O–H groups in total. The number of rotatable bonds is 4. The predicted molar refractivity (Wildman–Crippen MR) is 117 cm³/mol. The second-order valence-electron chi connectivity index (χ2n) is 8.36. The maximum atomic E-state index is 13.8. The summed E-state index contributed by atoms with van der Waals surface area (Å²) in [6.07, 6.45) is 6.66. The molecule has 31 heavy (non-hydrogen) atoms. The van der Waals surface area contributed by atoms with Crippen molar-refractivity contribution in [3.05, 3.63) is 84.7 Å². The third-order valence-corrected chi connectivity index (χ3v) is 6.40. The third kappa shape index (κ3) is 3.57. The van der Waals surface area contributed by atoms with Gasteiger partial charge in [0.1, 0.15) is 11.5 Å². The van der Waals surface area contributed by atoms with Gasteiger partial charge >= 0.3 is 0 Å². The fraction of sp³-hybridized carbons (Fsp3) is 0.280. The zero-order chi connectivity index (χ0) is 21.4. The van der Waals surface area contributed by atoms with Crippen LogP contribution < -0.4 is 4.90 Å². The second-order valence-corrected chi connectivity index (χ2v) is 8.36. The normalized spacial score (nSPS) is 23.7. The van der Waals surface area contributed by atoms with Crippen LogP contribution in [0.3, 0.4) is 0 Å². The summed E-state index contributed by atoms with van der Waals surface area (Å²) in [4.78, 5) is 21.3. The van der Waals surface area contributed by atoms with Crippen LogP contribution in [0.25, 0.3) is 11.3 Å². The first kappa shape index (κ1) is 19.7. The van der Waals surface area contributed by atoms with Gasteiger partial charge in [-0.1, -0.05) is 42.5 Å². The molecule has 1 saturated heterocycles. The van der Waals surface area contributed by atoms with Crippen molar-refractivity contribution in [1.29, 1.82) is 0 Å². The van der Waals surface area contributed by atoms with Crippen molar-refractivity contribution in [1.82, 2.24) is 9.88 Å². The smallest absolute Gasteiger partial charge is 0.251 e. The minimum absolute atomic E-state index is 0.0888. The van der Waals surface area contributed by atoms with Gasteiger partial charge in [0.2, 0.25) is 0 Å². The van der Waals surface area contributed by atoms with Gasteiger partial charge in [-0.2, -0.15) is 0 Å². The first-order chi connectivity index (χ1) is 15.1. The Kier molecular flexibility index (Phi) is 4.94. The van der Waals surface area contributed by atoms with Crippen LogP contribution in [0, 0.1) is 5.82 Å². The van der Waals surface area contributed by atoms with Crippen LogP contribution >= 0.6 is 0 Å². The lowest BCUT2D eigenvalue weighted by Crippen LogP contribution is -2.56. The molecule has 0 radical (unpaired) electrons. The fourth-order valence-corrected chi connectivity index (χ4v) is 4.88. The summed E-state index contributed by atoms with van der Waals surface area (Å²) in [6.45, 7) is 3.64. The number of piperidine rings is 1. The van der Waals surface area contributed by atoms with E-state index in [1.165, 1.54) is 18.5 Å². The number of benzene rings is 2. The van der Waals surface area contributed by atoms with E-state index in [0.717, 1.165) is 36.4 Å². The molecule has 1 aromatic heterocycles. The molecule has 3 aromatic rings. The van der Waals surface area contributed by atoms with Crippen molar-refractivity contribution < 1.29 is 13.6 Å². The Labute approximate surface area is 180 Å². The molecule has 2 aliphatic heterocycles. The minimum Gasteiger partial charge on any atom is -0.443 e. The quantitative estimate of drug-likeness (QED) is 0.612. The van der Waals surface area contributed by atoms with Crippen LogP contribution in [0.5, 0.6) is 0 Å². The zero-order valence-electron chi connectivity index (χ0n) is 17.4. The number of hydrogen-bond acceptors (Lipinski definition) is 4. The summed E-state index contributed by atoms with van der Waals surface area (Å²) in [6, 6.07) is 16.5. The molecular weight excluding hydrogens is 393 g/mol. The lowest BCUT2D eigenvalue weighted by Gasteiger charge is -2.47. The van der Waals surface area contributed by atoms with Gasteiger partial charge in [0, 0.05) is 36.5 Å². The lowest BCUT2D eigenvalue weighted by molar-refractivity contribution is -0.114. The van der Waals surface area contributed by atoms with Gasteiger partial charge in [-0.15, -0.1) is 0 Å². The van der Waals surface area contributed by atoms with E-state index >= 15 is 0 Å². The number of aromatic nitrogens is 1. The Morgan fingerprint density at radius 2 is 2.03 bits per heavy atom. The van der Waals surface area contributed by atoms with Crippen molar-refractivity contribution >= 4 is 11.6 Å². The molecule has 0 unspecified atom stereocenters. The average molecular weight is 417 g/mol. The molecule has 5 rings (SSSR count). The van der Waals surface area contributed by atoms with E-state index in [4.69, 9.17) is 4.42 Å². The van der Waals surface area contributed by atoms with Gasteiger partial charge < -0.3 is 4.42 Å². The average Bonchev–Trinajstić information content (AvgIpc) is 3.35. The van der Waals surface area contributed by atoms with Crippen molar-refractivity contribution in [2.24, 2.45) is 0 Å². The minimum atomic E-state index is -0.424. The van der Waals surface area contributed by atoms with Crippen LogP contribution in [0.2, 0.25) is 0 Å². The molecule has 5 nitrogen and oxygen atoms in total. The molecular formula is C25H24FN3O2. The molecule has 1 fully saturated rings. The van der Waals surface area contributed by atoms with E-state index in [1.54, 1.807) is 23.1 Å². The molecule has 2 atom stereocenters. The highest BCUT2D eigenvalue weighted by Gasteiger charge is 2.46. The second kappa shape index (κ2) is 7.78.